The number of carbonyl (C=O) groups is 1. The second-order valence-corrected chi connectivity index (χ2v) is 7.46. The third-order valence-electron chi connectivity index (χ3n) is 5.66. The summed E-state index contributed by atoms with van der Waals surface area (Å²) in [5, 5.41) is 7.67. The van der Waals surface area contributed by atoms with Crippen molar-refractivity contribution in [3.05, 3.63) is 66.4 Å². The minimum absolute atomic E-state index is 0.266. The van der Waals surface area contributed by atoms with E-state index in [-0.39, 0.29) is 11.4 Å². The molecule has 0 spiro atoms. The number of anilines is 3. The third-order valence-corrected chi connectivity index (χ3v) is 5.66. The normalized spacial score (nSPS) is 15.7. The van der Waals surface area contributed by atoms with Crippen LogP contribution in [0.5, 0.6) is 0 Å². The molecule has 5 N–H and O–H groups in total. The van der Waals surface area contributed by atoms with Crippen LogP contribution in [0.3, 0.4) is 0 Å². The summed E-state index contributed by atoms with van der Waals surface area (Å²) < 4.78 is 15.0. The van der Waals surface area contributed by atoms with Crippen LogP contribution in [0, 0.1) is 5.82 Å². The van der Waals surface area contributed by atoms with E-state index >= 15 is 0 Å². The van der Waals surface area contributed by atoms with Crippen LogP contribution in [0.1, 0.15) is 23.2 Å². The maximum Gasteiger partial charge on any atom is 0.254 e. The lowest BCUT2D eigenvalue weighted by Gasteiger charge is -2.42. The Balaban J connectivity index is 1.59. The van der Waals surface area contributed by atoms with Gasteiger partial charge in [-0.25, -0.2) is 4.39 Å². The molecule has 2 aromatic heterocycles. The Morgan fingerprint density at radius 3 is 2.53 bits per heavy atom. The highest BCUT2D eigenvalue weighted by atomic mass is 19.1. The Morgan fingerprint density at radius 2 is 1.93 bits per heavy atom. The first-order valence-electron chi connectivity index (χ1n) is 9.78. The molecule has 1 aliphatic rings. The van der Waals surface area contributed by atoms with E-state index in [0.717, 1.165) is 31.6 Å². The molecule has 0 bridgehead atoms. The Bertz CT molecular complexity index is 1010. The molecule has 3 heterocycles. The highest BCUT2D eigenvalue weighted by molar-refractivity contribution is 5.98. The van der Waals surface area contributed by atoms with E-state index in [1.807, 2.05) is 18.3 Å². The molecule has 1 aliphatic heterocycles. The Morgan fingerprint density at radius 1 is 1.20 bits per heavy atom. The van der Waals surface area contributed by atoms with Gasteiger partial charge in [0.05, 0.1) is 17.4 Å². The number of nitrogens with zero attached hydrogens (tertiary/aromatic N) is 4. The number of halogens is 1. The first kappa shape index (κ1) is 19.8. The fraction of sp³-hybridized carbons (Fsp3) is 0.286. The molecule has 1 saturated heterocycles. The van der Waals surface area contributed by atoms with Crippen molar-refractivity contribution in [1.29, 1.82) is 0 Å². The monoisotopic (exact) mass is 409 g/mol. The van der Waals surface area contributed by atoms with Crippen LogP contribution in [0.4, 0.5) is 21.6 Å². The third kappa shape index (κ3) is 3.84. The average molecular weight is 409 g/mol. The van der Waals surface area contributed by atoms with E-state index in [2.05, 4.69) is 20.3 Å². The predicted octanol–water partition coefficient (Wildman–Crippen LogP) is 2.21. The number of rotatable bonds is 6. The molecular weight excluding hydrogens is 385 g/mol. The maximum atomic E-state index is 13.2. The zero-order valence-corrected chi connectivity index (χ0v) is 16.5. The number of amides is 1. The van der Waals surface area contributed by atoms with Gasteiger partial charge in [0.1, 0.15) is 11.4 Å². The molecule has 0 unspecified atom stereocenters. The molecule has 4 rings (SSSR count). The van der Waals surface area contributed by atoms with Gasteiger partial charge in [-0.15, -0.1) is 0 Å². The molecule has 0 radical (unpaired) electrons. The average Bonchev–Trinajstić information content (AvgIpc) is 3.21. The minimum atomic E-state index is -0.592. The molecule has 0 aliphatic carbocycles. The Hall–Kier alpha value is -3.46. The van der Waals surface area contributed by atoms with Crippen LogP contribution < -0.4 is 21.7 Å². The first-order chi connectivity index (χ1) is 14.5. The number of benzene rings is 1. The van der Waals surface area contributed by atoms with Gasteiger partial charge in [-0.05, 0) is 49.2 Å². The van der Waals surface area contributed by atoms with Crippen molar-refractivity contribution >= 4 is 23.1 Å². The molecule has 9 heteroatoms. The van der Waals surface area contributed by atoms with Gasteiger partial charge in [0.15, 0.2) is 5.82 Å². The van der Waals surface area contributed by atoms with Gasteiger partial charge in [-0.2, -0.15) is 5.10 Å². The van der Waals surface area contributed by atoms with Gasteiger partial charge in [-0.3, -0.25) is 14.5 Å². The van der Waals surface area contributed by atoms with Crippen molar-refractivity contribution in [3.63, 3.8) is 0 Å². The van der Waals surface area contributed by atoms with Crippen molar-refractivity contribution in [1.82, 2.24) is 14.8 Å². The van der Waals surface area contributed by atoms with Crippen molar-refractivity contribution in [2.24, 2.45) is 11.5 Å². The number of nitrogens with one attached hydrogen (secondary N) is 1. The SMILES string of the molecule is NCC1(n2cc(C(N)=O)c(Nc3ccc(F)cc3)n2)CCN(c2cccnc2)CC1. The maximum absolute atomic E-state index is 13.2. The summed E-state index contributed by atoms with van der Waals surface area (Å²) in [4.78, 5) is 18.5. The largest absolute Gasteiger partial charge is 0.370 e. The summed E-state index contributed by atoms with van der Waals surface area (Å²) in [6.07, 6.45) is 6.77. The standard InChI is InChI=1S/C21H24FN7O/c22-15-3-5-16(6-4-15)26-20-18(19(24)30)13-29(27-20)21(14-23)7-10-28(11-8-21)17-2-1-9-25-12-17/h1-6,9,12-13H,7-8,10-11,14,23H2,(H2,24,30)(H,26,27). The molecular formula is C21H24FN7O. The molecule has 8 nitrogen and oxygen atoms in total. The van der Waals surface area contributed by atoms with Gasteiger partial charge in [0.25, 0.3) is 5.91 Å². The van der Waals surface area contributed by atoms with E-state index in [1.54, 1.807) is 29.2 Å². The molecule has 30 heavy (non-hydrogen) atoms. The molecule has 1 amide bonds. The lowest BCUT2D eigenvalue weighted by molar-refractivity contribution is 0.100. The number of piperidine rings is 1. The lowest BCUT2D eigenvalue weighted by atomic mass is 9.87. The van der Waals surface area contributed by atoms with Crippen LogP contribution in [0.15, 0.2) is 55.0 Å². The second kappa shape index (κ2) is 8.11. The topological polar surface area (TPSA) is 115 Å². The Labute approximate surface area is 173 Å². The smallest absolute Gasteiger partial charge is 0.254 e. The number of carbonyl (C=O) groups excluding carboxylic acids is 1. The molecule has 3 aromatic rings. The number of primary amides is 1. The summed E-state index contributed by atoms with van der Waals surface area (Å²) in [5.74, 6) is -0.605. The van der Waals surface area contributed by atoms with Crippen LogP contribution in [-0.4, -0.2) is 40.3 Å². The number of aromatic nitrogens is 3. The van der Waals surface area contributed by atoms with Gasteiger partial charge in [0.2, 0.25) is 0 Å². The number of nitrogens with two attached hydrogens (primary N) is 2. The van der Waals surface area contributed by atoms with E-state index in [4.69, 9.17) is 11.5 Å². The van der Waals surface area contributed by atoms with E-state index < -0.39 is 11.4 Å². The van der Waals surface area contributed by atoms with Gasteiger partial charge in [0, 0.05) is 37.7 Å². The minimum Gasteiger partial charge on any atom is -0.370 e. The van der Waals surface area contributed by atoms with Crippen molar-refractivity contribution in [2.45, 2.75) is 18.4 Å². The summed E-state index contributed by atoms with van der Waals surface area (Å²) in [5.41, 5.74) is 13.3. The molecule has 1 fully saturated rings. The summed E-state index contributed by atoms with van der Waals surface area (Å²) in [6, 6.07) is 9.76. The van der Waals surface area contributed by atoms with E-state index in [1.165, 1.54) is 12.1 Å². The number of pyridine rings is 1. The van der Waals surface area contributed by atoms with E-state index in [0.29, 0.717) is 18.1 Å². The lowest BCUT2D eigenvalue weighted by Crippen LogP contribution is -2.50. The van der Waals surface area contributed by atoms with E-state index in [9.17, 15) is 9.18 Å². The van der Waals surface area contributed by atoms with Crippen molar-refractivity contribution < 1.29 is 9.18 Å². The van der Waals surface area contributed by atoms with Crippen LogP contribution in [-0.2, 0) is 5.54 Å². The summed E-state index contributed by atoms with van der Waals surface area (Å²) in [7, 11) is 0. The molecule has 0 atom stereocenters. The molecule has 156 valence electrons. The highest BCUT2D eigenvalue weighted by Gasteiger charge is 2.37. The summed E-state index contributed by atoms with van der Waals surface area (Å²) in [6.45, 7) is 1.95. The van der Waals surface area contributed by atoms with Gasteiger partial charge >= 0.3 is 0 Å². The predicted molar refractivity (Wildman–Crippen MR) is 113 cm³/mol. The molecule has 1 aromatic carbocycles. The van der Waals surface area contributed by atoms with Crippen LogP contribution in [0.25, 0.3) is 0 Å². The van der Waals surface area contributed by atoms with Gasteiger partial charge in [-0.1, -0.05) is 0 Å². The molecule has 0 saturated carbocycles. The fourth-order valence-corrected chi connectivity index (χ4v) is 3.81. The number of hydrogen-bond acceptors (Lipinski definition) is 6. The van der Waals surface area contributed by atoms with Crippen LogP contribution >= 0.6 is 0 Å². The first-order valence-corrected chi connectivity index (χ1v) is 9.78. The second-order valence-electron chi connectivity index (χ2n) is 7.46. The zero-order valence-electron chi connectivity index (χ0n) is 16.5. The van der Waals surface area contributed by atoms with Crippen molar-refractivity contribution in [3.8, 4) is 0 Å². The summed E-state index contributed by atoms with van der Waals surface area (Å²) >= 11 is 0. The van der Waals surface area contributed by atoms with Gasteiger partial charge < -0.3 is 21.7 Å². The highest BCUT2D eigenvalue weighted by Crippen LogP contribution is 2.33. The van der Waals surface area contributed by atoms with Crippen LogP contribution in [0.2, 0.25) is 0 Å². The zero-order chi connectivity index (χ0) is 21.1. The van der Waals surface area contributed by atoms with Crippen molar-refractivity contribution in [2.75, 3.05) is 29.9 Å². The fourth-order valence-electron chi connectivity index (χ4n) is 3.81. The Kier molecular flexibility index (Phi) is 5.37. The quantitative estimate of drug-likeness (QED) is 0.575. The number of hydrogen-bond donors (Lipinski definition) is 3.